The van der Waals surface area contributed by atoms with E-state index in [4.69, 9.17) is 0 Å². The van der Waals surface area contributed by atoms with Gasteiger partial charge in [-0.25, -0.2) is 8.78 Å². The molecule has 1 unspecified atom stereocenters. The van der Waals surface area contributed by atoms with Crippen LogP contribution in [0.1, 0.15) is 42.2 Å². The van der Waals surface area contributed by atoms with Crippen LogP contribution in [0.4, 0.5) is 8.78 Å². The molecule has 0 aliphatic carbocycles. The lowest BCUT2D eigenvalue weighted by atomic mass is 9.92. The largest absolute Gasteiger partial charge is 0.383 e. The lowest BCUT2D eigenvalue weighted by molar-refractivity contribution is 0.208. The van der Waals surface area contributed by atoms with Crippen molar-refractivity contribution in [1.82, 2.24) is 0 Å². The molecule has 3 heteroatoms. The van der Waals surface area contributed by atoms with Crippen LogP contribution in [0.5, 0.6) is 0 Å². The number of aliphatic hydroxyl groups is 1. The highest BCUT2D eigenvalue weighted by Crippen LogP contribution is 2.30. The minimum absolute atomic E-state index is 0.282. The maximum Gasteiger partial charge on any atom is 0.132 e. The number of halogens is 2. The number of hydrogen-bond acceptors (Lipinski definition) is 1. The number of aryl methyl sites for hydroxylation is 2. The minimum Gasteiger partial charge on any atom is -0.383 e. The van der Waals surface area contributed by atoms with Crippen LogP contribution in [-0.4, -0.2) is 5.11 Å². The van der Waals surface area contributed by atoms with Gasteiger partial charge in [0.2, 0.25) is 0 Å². The summed E-state index contributed by atoms with van der Waals surface area (Å²) in [5, 5.41) is 10.4. The Hall–Kier alpha value is -1.74. The minimum atomic E-state index is -1.28. The van der Waals surface area contributed by atoms with Crippen molar-refractivity contribution in [3.63, 3.8) is 0 Å². The van der Waals surface area contributed by atoms with Gasteiger partial charge in [0.1, 0.15) is 17.7 Å². The summed E-state index contributed by atoms with van der Waals surface area (Å²) in [7, 11) is 0. The van der Waals surface area contributed by atoms with Crippen molar-refractivity contribution in [2.45, 2.75) is 32.8 Å². The van der Waals surface area contributed by atoms with E-state index in [2.05, 4.69) is 0 Å². The molecule has 0 heterocycles. The number of aliphatic hydroxyl groups excluding tert-OH is 1. The van der Waals surface area contributed by atoms with Gasteiger partial charge in [-0.15, -0.1) is 0 Å². The average Bonchev–Trinajstić information content (AvgIpc) is 2.46. The number of benzene rings is 2. The van der Waals surface area contributed by atoms with E-state index in [0.717, 1.165) is 29.7 Å². The Morgan fingerprint density at radius 2 is 1.65 bits per heavy atom. The highest BCUT2D eigenvalue weighted by atomic mass is 19.1. The van der Waals surface area contributed by atoms with Crippen LogP contribution in [0.2, 0.25) is 0 Å². The molecule has 0 spiro atoms. The Kier molecular flexibility index (Phi) is 4.50. The Balaban J connectivity index is 2.55. The summed E-state index contributed by atoms with van der Waals surface area (Å²) in [5.41, 5.74) is 2.23. The van der Waals surface area contributed by atoms with Crippen molar-refractivity contribution in [1.29, 1.82) is 0 Å². The summed E-state index contributed by atoms with van der Waals surface area (Å²) in [5.74, 6) is -1.44. The van der Waals surface area contributed by atoms with E-state index in [1.165, 1.54) is 6.07 Å². The molecule has 0 radical (unpaired) electrons. The summed E-state index contributed by atoms with van der Waals surface area (Å²) in [4.78, 5) is 0. The van der Waals surface area contributed by atoms with E-state index >= 15 is 0 Å². The van der Waals surface area contributed by atoms with Gasteiger partial charge in [-0.1, -0.05) is 38.1 Å². The molecule has 0 fully saturated rings. The highest BCUT2D eigenvalue weighted by Gasteiger charge is 2.21. The fraction of sp³-hybridized carbons (Fsp3) is 0.294. The maximum absolute atomic E-state index is 13.8. The third-order valence-electron chi connectivity index (χ3n) is 3.57. The molecule has 0 saturated heterocycles. The summed E-state index contributed by atoms with van der Waals surface area (Å²) in [6.07, 6.45) is 0.230. The molecule has 0 aliphatic heterocycles. The second-order valence-corrected chi connectivity index (χ2v) is 4.78. The van der Waals surface area contributed by atoms with Gasteiger partial charge in [0.15, 0.2) is 0 Å². The third kappa shape index (κ3) is 2.73. The fourth-order valence-corrected chi connectivity index (χ4v) is 2.37. The fourth-order valence-electron chi connectivity index (χ4n) is 2.37. The smallest absolute Gasteiger partial charge is 0.132 e. The Morgan fingerprint density at radius 1 is 1.00 bits per heavy atom. The average molecular weight is 276 g/mol. The number of hydrogen-bond donors (Lipinski definition) is 1. The molecule has 1 nitrogen and oxygen atoms in total. The van der Waals surface area contributed by atoms with Gasteiger partial charge < -0.3 is 5.11 Å². The molecule has 106 valence electrons. The topological polar surface area (TPSA) is 20.2 Å². The highest BCUT2D eigenvalue weighted by molar-refractivity contribution is 5.39. The van der Waals surface area contributed by atoms with Crippen molar-refractivity contribution in [3.8, 4) is 0 Å². The molecule has 2 rings (SSSR count). The van der Waals surface area contributed by atoms with Gasteiger partial charge in [0.05, 0.1) is 5.56 Å². The van der Waals surface area contributed by atoms with Crippen molar-refractivity contribution < 1.29 is 13.9 Å². The molecule has 0 aromatic heterocycles. The molecule has 20 heavy (non-hydrogen) atoms. The summed E-state index contributed by atoms with van der Waals surface area (Å²) in [6, 6.07) is 9.34. The zero-order chi connectivity index (χ0) is 14.7. The first kappa shape index (κ1) is 14.7. The second-order valence-electron chi connectivity index (χ2n) is 4.78. The Bertz CT molecular complexity index is 588. The van der Waals surface area contributed by atoms with Crippen LogP contribution in [0, 0.1) is 11.6 Å². The first-order chi connectivity index (χ1) is 9.58. The van der Waals surface area contributed by atoms with Crippen molar-refractivity contribution >= 4 is 0 Å². The van der Waals surface area contributed by atoms with E-state index in [9.17, 15) is 13.9 Å². The van der Waals surface area contributed by atoms with E-state index in [1.807, 2.05) is 32.0 Å². The van der Waals surface area contributed by atoms with E-state index in [1.54, 1.807) is 0 Å². The molecule has 2 aromatic rings. The van der Waals surface area contributed by atoms with E-state index in [0.29, 0.717) is 12.0 Å². The summed E-state index contributed by atoms with van der Waals surface area (Å²) in [6.45, 7) is 3.95. The predicted molar refractivity (Wildman–Crippen MR) is 75.6 cm³/mol. The molecule has 1 N–H and O–H groups in total. The molecule has 0 bridgehead atoms. The molecule has 2 aromatic carbocycles. The van der Waals surface area contributed by atoms with Crippen molar-refractivity contribution in [2.24, 2.45) is 0 Å². The van der Waals surface area contributed by atoms with E-state index < -0.39 is 17.7 Å². The zero-order valence-electron chi connectivity index (χ0n) is 11.7. The molecule has 0 aliphatic rings. The van der Waals surface area contributed by atoms with Crippen LogP contribution in [0.3, 0.4) is 0 Å². The van der Waals surface area contributed by atoms with E-state index in [-0.39, 0.29) is 5.56 Å². The maximum atomic E-state index is 13.8. The molecule has 1 atom stereocenters. The quantitative estimate of drug-likeness (QED) is 0.888. The van der Waals surface area contributed by atoms with Crippen LogP contribution in [-0.2, 0) is 12.8 Å². The first-order valence-electron chi connectivity index (χ1n) is 6.82. The van der Waals surface area contributed by atoms with Gasteiger partial charge in [-0.3, -0.25) is 0 Å². The lowest BCUT2D eigenvalue weighted by Crippen LogP contribution is -2.09. The van der Waals surface area contributed by atoms with Crippen molar-refractivity contribution in [2.75, 3.05) is 0 Å². The summed E-state index contributed by atoms with van der Waals surface area (Å²) < 4.78 is 27.6. The van der Waals surface area contributed by atoms with Gasteiger partial charge in [0.25, 0.3) is 0 Å². The first-order valence-corrected chi connectivity index (χ1v) is 6.82. The van der Waals surface area contributed by atoms with Crippen LogP contribution in [0.15, 0.2) is 36.4 Å². The van der Waals surface area contributed by atoms with Crippen LogP contribution < -0.4 is 0 Å². The third-order valence-corrected chi connectivity index (χ3v) is 3.57. The second kappa shape index (κ2) is 6.14. The standard InChI is InChI=1S/C17H18F2O/c1-3-11-8-9-12(4-2)13(10-11)17(20)16-14(18)6-5-7-15(16)19/h5-10,17,20H,3-4H2,1-2H3. The monoisotopic (exact) mass is 276 g/mol. The van der Waals surface area contributed by atoms with Gasteiger partial charge in [-0.05, 0) is 41.7 Å². The molecule has 0 saturated carbocycles. The molecular formula is C17H18F2O. The van der Waals surface area contributed by atoms with Gasteiger partial charge in [0, 0.05) is 0 Å². The lowest BCUT2D eigenvalue weighted by Gasteiger charge is -2.17. The van der Waals surface area contributed by atoms with Crippen LogP contribution in [0.25, 0.3) is 0 Å². The SMILES string of the molecule is CCc1ccc(CC)c(C(O)c2c(F)cccc2F)c1. The van der Waals surface area contributed by atoms with Gasteiger partial charge in [-0.2, -0.15) is 0 Å². The predicted octanol–water partition coefficient (Wildman–Crippen LogP) is 4.17. The molecular weight excluding hydrogens is 258 g/mol. The Morgan fingerprint density at radius 3 is 2.20 bits per heavy atom. The number of rotatable bonds is 4. The van der Waals surface area contributed by atoms with Gasteiger partial charge >= 0.3 is 0 Å². The normalized spacial score (nSPS) is 12.4. The zero-order valence-corrected chi connectivity index (χ0v) is 11.7. The molecule has 0 amide bonds. The van der Waals surface area contributed by atoms with Crippen LogP contribution >= 0.6 is 0 Å². The summed E-state index contributed by atoms with van der Waals surface area (Å²) >= 11 is 0. The van der Waals surface area contributed by atoms with Crippen molar-refractivity contribution in [3.05, 3.63) is 70.3 Å². The Labute approximate surface area is 117 Å².